The standard InChI is InChI=1S/C15H25N3O2/c1-11-8-18(13(19)20-14(2,3)4)9-12(7-16)15(11)5-6-17-10-15/h11-12,17H,5-6,8-10H2,1-4H3. The monoisotopic (exact) mass is 279 g/mol. The van der Waals surface area contributed by atoms with Gasteiger partial charge < -0.3 is 15.0 Å². The van der Waals surface area contributed by atoms with Gasteiger partial charge in [-0.3, -0.25) is 0 Å². The van der Waals surface area contributed by atoms with Crippen molar-refractivity contribution < 1.29 is 9.53 Å². The fraction of sp³-hybridized carbons (Fsp3) is 0.867. The van der Waals surface area contributed by atoms with Gasteiger partial charge in [-0.15, -0.1) is 0 Å². The van der Waals surface area contributed by atoms with Crippen LogP contribution in [-0.2, 0) is 4.74 Å². The van der Waals surface area contributed by atoms with Crippen molar-refractivity contribution in [2.24, 2.45) is 17.3 Å². The summed E-state index contributed by atoms with van der Waals surface area (Å²) in [7, 11) is 0. The Morgan fingerprint density at radius 2 is 2.15 bits per heavy atom. The summed E-state index contributed by atoms with van der Waals surface area (Å²) in [5.74, 6) is 0.192. The highest BCUT2D eigenvalue weighted by Gasteiger charge is 2.50. The number of nitrogens with one attached hydrogen (secondary N) is 1. The summed E-state index contributed by atoms with van der Waals surface area (Å²) in [5, 5.41) is 12.9. The molecular weight excluding hydrogens is 254 g/mol. The van der Waals surface area contributed by atoms with Crippen LogP contribution in [0.3, 0.4) is 0 Å². The van der Waals surface area contributed by atoms with Crippen molar-refractivity contribution in [3.05, 3.63) is 0 Å². The second-order valence-electron chi connectivity index (χ2n) is 7.13. The highest BCUT2D eigenvalue weighted by Crippen LogP contribution is 2.45. The molecule has 0 aromatic heterocycles. The van der Waals surface area contributed by atoms with Gasteiger partial charge in [0.15, 0.2) is 0 Å². The largest absolute Gasteiger partial charge is 0.444 e. The van der Waals surface area contributed by atoms with E-state index in [1.165, 1.54) is 0 Å². The average Bonchev–Trinajstić information content (AvgIpc) is 2.81. The Hall–Kier alpha value is -1.28. The smallest absolute Gasteiger partial charge is 0.410 e. The van der Waals surface area contributed by atoms with Crippen LogP contribution in [0.15, 0.2) is 0 Å². The molecule has 3 atom stereocenters. The predicted molar refractivity (Wildman–Crippen MR) is 76.0 cm³/mol. The third-order valence-electron chi connectivity index (χ3n) is 4.60. The summed E-state index contributed by atoms with van der Waals surface area (Å²) in [6.45, 7) is 10.7. The van der Waals surface area contributed by atoms with Gasteiger partial charge in [0.05, 0.1) is 12.0 Å². The van der Waals surface area contributed by atoms with E-state index in [0.717, 1.165) is 19.5 Å². The minimum absolute atomic E-state index is 0.0211. The second-order valence-corrected chi connectivity index (χ2v) is 7.13. The van der Waals surface area contributed by atoms with Crippen LogP contribution in [0.1, 0.15) is 34.1 Å². The van der Waals surface area contributed by atoms with Crippen molar-refractivity contribution in [3.63, 3.8) is 0 Å². The van der Waals surface area contributed by atoms with Gasteiger partial charge in [0.1, 0.15) is 5.60 Å². The van der Waals surface area contributed by atoms with Crippen LogP contribution in [0.2, 0.25) is 0 Å². The van der Waals surface area contributed by atoms with Crippen LogP contribution < -0.4 is 5.32 Å². The molecule has 2 saturated heterocycles. The topological polar surface area (TPSA) is 65.4 Å². The average molecular weight is 279 g/mol. The van der Waals surface area contributed by atoms with E-state index in [1.54, 1.807) is 4.90 Å². The number of hydrogen-bond donors (Lipinski definition) is 1. The molecular formula is C15H25N3O2. The van der Waals surface area contributed by atoms with E-state index in [-0.39, 0.29) is 17.4 Å². The van der Waals surface area contributed by atoms with Crippen LogP contribution in [0.4, 0.5) is 4.79 Å². The molecule has 0 aromatic rings. The third kappa shape index (κ3) is 2.76. The van der Waals surface area contributed by atoms with Crippen molar-refractivity contribution >= 4 is 6.09 Å². The molecule has 0 aromatic carbocycles. The lowest BCUT2D eigenvalue weighted by Gasteiger charge is -2.47. The number of carbonyl (C=O) groups is 1. The predicted octanol–water partition coefficient (Wildman–Crippen LogP) is 1.99. The number of nitrogens with zero attached hydrogens (tertiary/aromatic N) is 2. The molecule has 2 fully saturated rings. The van der Waals surface area contributed by atoms with E-state index in [9.17, 15) is 10.1 Å². The first-order valence-corrected chi connectivity index (χ1v) is 7.37. The van der Waals surface area contributed by atoms with E-state index in [2.05, 4.69) is 18.3 Å². The molecule has 0 saturated carbocycles. The maximum absolute atomic E-state index is 12.2. The molecule has 1 amide bonds. The van der Waals surface area contributed by atoms with E-state index in [0.29, 0.717) is 19.0 Å². The van der Waals surface area contributed by atoms with Gasteiger partial charge in [-0.25, -0.2) is 4.79 Å². The maximum atomic E-state index is 12.2. The molecule has 1 spiro atoms. The fourth-order valence-corrected chi connectivity index (χ4v) is 3.43. The highest BCUT2D eigenvalue weighted by atomic mass is 16.6. The quantitative estimate of drug-likeness (QED) is 0.736. The molecule has 2 aliphatic rings. The normalized spacial score (nSPS) is 34.0. The zero-order valence-electron chi connectivity index (χ0n) is 12.9. The Morgan fingerprint density at radius 3 is 2.65 bits per heavy atom. The number of carbonyl (C=O) groups excluding carboxylic acids is 1. The van der Waals surface area contributed by atoms with Crippen LogP contribution in [0.5, 0.6) is 0 Å². The number of piperidine rings is 1. The lowest BCUT2D eigenvalue weighted by atomic mass is 9.64. The Balaban J connectivity index is 2.11. The molecule has 5 heteroatoms. The second kappa shape index (κ2) is 5.25. The lowest BCUT2D eigenvalue weighted by molar-refractivity contribution is -0.0155. The van der Waals surface area contributed by atoms with Gasteiger partial charge in [-0.2, -0.15) is 5.26 Å². The van der Waals surface area contributed by atoms with Gasteiger partial charge in [-0.1, -0.05) is 6.92 Å². The van der Waals surface area contributed by atoms with Gasteiger partial charge in [-0.05, 0) is 39.7 Å². The molecule has 0 bridgehead atoms. The first kappa shape index (κ1) is 15.1. The molecule has 1 N–H and O–H groups in total. The Bertz CT molecular complexity index is 416. The van der Waals surface area contributed by atoms with Crippen molar-refractivity contribution in [2.75, 3.05) is 26.2 Å². The molecule has 5 nitrogen and oxygen atoms in total. The summed E-state index contributed by atoms with van der Waals surface area (Å²) >= 11 is 0. The van der Waals surface area contributed by atoms with Crippen molar-refractivity contribution in [3.8, 4) is 6.07 Å². The minimum atomic E-state index is -0.494. The van der Waals surface area contributed by atoms with E-state index in [4.69, 9.17) is 4.74 Å². The number of hydrogen-bond acceptors (Lipinski definition) is 4. The lowest BCUT2D eigenvalue weighted by Crippen LogP contribution is -2.55. The first-order chi connectivity index (χ1) is 9.28. The Labute approximate surface area is 121 Å². The molecule has 2 rings (SSSR count). The summed E-state index contributed by atoms with van der Waals surface area (Å²) in [5.41, 5.74) is -0.472. The fourth-order valence-electron chi connectivity index (χ4n) is 3.43. The molecule has 0 aliphatic carbocycles. The van der Waals surface area contributed by atoms with Gasteiger partial charge in [0.2, 0.25) is 0 Å². The van der Waals surface area contributed by atoms with E-state index in [1.807, 2.05) is 20.8 Å². The maximum Gasteiger partial charge on any atom is 0.410 e. The zero-order valence-corrected chi connectivity index (χ0v) is 12.9. The van der Waals surface area contributed by atoms with Crippen molar-refractivity contribution in [1.82, 2.24) is 10.2 Å². The number of rotatable bonds is 0. The molecule has 112 valence electrons. The van der Waals surface area contributed by atoms with Crippen LogP contribution in [0.25, 0.3) is 0 Å². The van der Waals surface area contributed by atoms with Crippen molar-refractivity contribution in [1.29, 1.82) is 5.26 Å². The van der Waals surface area contributed by atoms with Gasteiger partial charge >= 0.3 is 6.09 Å². The number of likely N-dealkylation sites (tertiary alicyclic amines) is 1. The van der Waals surface area contributed by atoms with Gasteiger partial charge in [0.25, 0.3) is 0 Å². The molecule has 20 heavy (non-hydrogen) atoms. The van der Waals surface area contributed by atoms with Crippen LogP contribution >= 0.6 is 0 Å². The SMILES string of the molecule is CC1CN(C(=O)OC(C)(C)C)CC(C#N)C12CCNC2. The van der Waals surface area contributed by atoms with E-state index < -0.39 is 5.60 Å². The first-order valence-electron chi connectivity index (χ1n) is 7.37. The molecule has 2 heterocycles. The van der Waals surface area contributed by atoms with Crippen molar-refractivity contribution in [2.45, 2.75) is 39.7 Å². The third-order valence-corrected chi connectivity index (χ3v) is 4.60. The van der Waals surface area contributed by atoms with Crippen LogP contribution in [-0.4, -0.2) is 42.8 Å². The number of amides is 1. The van der Waals surface area contributed by atoms with Crippen LogP contribution in [0, 0.1) is 28.6 Å². The minimum Gasteiger partial charge on any atom is -0.444 e. The summed E-state index contributed by atoms with van der Waals surface area (Å²) in [4.78, 5) is 13.9. The summed E-state index contributed by atoms with van der Waals surface area (Å²) < 4.78 is 5.43. The molecule has 2 aliphatic heterocycles. The highest BCUT2D eigenvalue weighted by molar-refractivity contribution is 5.68. The molecule has 0 radical (unpaired) electrons. The summed E-state index contributed by atoms with van der Waals surface area (Å²) in [6, 6.07) is 2.43. The Kier molecular flexibility index (Phi) is 3.97. The number of ether oxygens (including phenoxy) is 1. The van der Waals surface area contributed by atoms with E-state index >= 15 is 0 Å². The number of nitriles is 1. The van der Waals surface area contributed by atoms with Gasteiger partial charge in [0, 0.05) is 25.0 Å². The summed E-state index contributed by atoms with van der Waals surface area (Å²) in [6.07, 6.45) is 0.722. The zero-order chi connectivity index (χ0) is 15.0. The Morgan fingerprint density at radius 1 is 1.45 bits per heavy atom. The molecule has 3 unspecified atom stereocenters.